The quantitative estimate of drug-likeness (QED) is 0.187. The molecule has 2 aromatic heterocycles. The van der Waals surface area contributed by atoms with Crippen LogP contribution in [0.5, 0.6) is 11.5 Å². The smallest absolute Gasteiger partial charge is 0.357 e. The summed E-state index contributed by atoms with van der Waals surface area (Å²) in [4.78, 5) is 17.3. The second-order valence-electron chi connectivity index (χ2n) is 7.34. The molecule has 0 radical (unpaired) electrons. The molecule has 0 aliphatic carbocycles. The third-order valence-corrected chi connectivity index (χ3v) is 9.06. The Bertz CT molecular complexity index is 1470. The third-order valence-electron chi connectivity index (χ3n) is 5.05. The minimum atomic E-state index is -3.10. The van der Waals surface area contributed by atoms with Crippen molar-refractivity contribution >= 4 is 55.9 Å². The molecule has 1 N–H and O–H groups in total. The lowest BCUT2D eigenvalue weighted by Crippen LogP contribution is -2.20. The van der Waals surface area contributed by atoms with Crippen molar-refractivity contribution in [2.45, 2.75) is 12.5 Å². The SMILES string of the molecule is C=I1=COC(=O)c2sc(-n3cnc4cc(O)ccc43)cc2OCc2ccccc2C(F)(F)C1. The van der Waals surface area contributed by atoms with Crippen molar-refractivity contribution in [2.75, 3.05) is 4.43 Å². The lowest BCUT2D eigenvalue weighted by atomic mass is 10.0. The first-order chi connectivity index (χ1) is 15.8. The molecule has 3 heterocycles. The molecule has 5 rings (SSSR count). The van der Waals surface area contributed by atoms with Crippen LogP contribution >= 0.6 is 30.2 Å². The molecule has 6 nitrogen and oxygen atoms in total. The van der Waals surface area contributed by atoms with Crippen LogP contribution in [0.1, 0.15) is 20.8 Å². The van der Waals surface area contributed by atoms with Gasteiger partial charge in [-0.25, -0.2) is 18.6 Å². The number of fused-ring (bicyclic) bond motifs is 3. The van der Waals surface area contributed by atoms with Gasteiger partial charge in [-0.15, -0.1) is 30.2 Å². The average molecular weight is 582 g/mol. The van der Waals surface area contributed by atoms with E-state index in [2.05, 4.69) is 9.50 Å². The van der Waals surface area contributed by atoms with Crippen LogP contribution in [0.15, 0.2) is 54.9 Å². The van der Waals surface area contributed by atoms with E-state index in [1.54, 1.807) is 47.3 Å². The second-order valence-corrected chi connectivity index (χ2v) is 12.5. The number of hydrogen-bond donors (Lipinski definition) is 1. The molecule has 10 heteroatoms. The standard InChI is InChI=1S/C23H17F2IN2O4S/c1-26-11-23(24,25)16-5-3-2-4-14(16)10-31-19-9-20(33-21(19)22(30)32-12-26)28-13-27-17-8-15(29)6-7-18(17)28/h2-9,12-13,29H,1,10-11H2. The first-order valence-corrected chi connectivity index (χ1v) is 14.8. The van der Waals surface area contributed by atoms with E-state index in [-0.39, 0.29) is 28.5 Å². The number of rotatable bonds is 1. The molecular weight excluding hydrogens is 565 g/mol. The van der Waals surface area contributed by atoms with Gasteiger partial charge in [0.1, 0.15) is 33.6 Å². The van der Waals surface area contributed by atoms with Gasteiger partial charge < -0.3 is 14.6 Å². The Balaban J connectivity index is 1.60. The van der Waals surface area contributed by atoms with Crippen molar-refractivity contribution < 1.29 is 28.2 Å². The van der Waals surface area contributed by atoms with Gasteiger partial charge in [0.25, 0.3) is 5.92 Å². The van der Waals surface area contributed by atoms with Crippen molar-refractivity contribution in [1.29, 1.82) is 0 Å². The highest BCUT2D eigenvalue weighted by atomic mass is 127. The zero-order valence-corrected chi connectivity index (χ0v) is 20.0. The molecule has 33 heavy (non-hydrogen) atoms. The molecule has 1 aliphatic heterocycles. The number of halogens is 3. The van der Waals surface area contributed by atoms with Gasteiger partial charge in [0, 0.05) is 17.7 Å². The largest absolute Gasteiger partial charge is 0.508 e. The van der Waals surface area contributed by atoms with E-state index in [4.69, 9.17) is 9.47 Å². The zero-order chi connectivity index (χ0) is 23.2. The van der Waals surface area contributed by atoms with Crippen molar-refractivity contribution in [3.05, 3.63) is 70.9 Å². The Kier molecular flexibility index (Phi) is 5.57. The number of ether oxygens (including phenoxy) is 2. The number of carbonyl (C=O) groups excluding carboxylic acids is 1. The Hall–Kier alpha value is -2.99. The van der Waals surface area contributed by atoms with Gasteiger partial charge >= 0.3 is 5.97 Å². The number of phenols is 1. The van der Waals surface area contributed by atoms with Crippen molar-refractivity contribution in [3.63, 3.8) is 0 Å². The molecule has 0 spiro atoms. The summed E-state index contributed by atoms with van der Waals surface area (Å²) in [5.41, 5.74) is 1.55. The monoisotopic (exact) mass is 582 g/mol. The predicted molar refractivity (Wildman–Crippen MR) is 133 cm³/mol. The molecular formula is C23H17F2IN2O4S. The molecule has 0 saturated heterocycles. The van der Waals surface area contributed by atoms with Gasteiger partial charge in [-0.2, -0.15) is 0 Å². The van der Waals surface area contributed by atoms with E-state index < -0.39 is 35.2 Å². The summed E-state index contributed by atoms with van der Waals surface area (Å²) in [5, 5.41) is 10.3. The highest BCUT2D eigenvalue weighted by Crippen LogP contribution is 2.39. The number of phenolic OH excluding ortho intramolecular Hbond substituents is 1. The maximum Gasteiger partial charge on any atom is 0.357 e. The summed E-state index contributed by atoms with van der Waals surface area (Å²) in [5.74, 6) is -3.45. The fraction of sp³-hybridized carbons (Fsp3) is 0.130. The normalized spacial score (nSPS) is 16.5. The molecule has 0 amide bonds. The van der Waals surface area contributed by atoms with Crippen LogP contribution in [0.4, 0.5) is 8.78 Å². The van der Waals surface area contributed by atoms with Gasteiger partial charge in [0.05, 0.1) is 15.5 Å². The van der Waals surface area contributed by atoms with Crippen LogP contribution in [0.25, 0.3) is 16.0 Å². The number of nitrogens with zero attached hydrogens (tertiary/aromatic N) is 2. The molecule has 2 aromatic carbocycles. The minimum Gasteiger partial charge on any atom is -0.508 e. The lowest BCUT2D eigenvalue weighted by molar-refractivity contribution is 0.0245. The summed E-state index contributed by atoms with van der Waals surface area (Å²) in [6, 6.07) is 12.7. The lowest BCUT2D eigenvalue weighted by Gasteiger charge is -2.20. The van der Waals surface area contributed by atoms with E-state index in [1.807, 2.05) is 0 Å². The topological polar surface area (TPSA) is 73.6 Å². The second kappa shape index (κ2) is 8.41. The summed E-state index contributed by atoms with van der Waals surface area (Å²) in [7, 11) is 0. The van der Waals surface area contributed by atoms with Crippen LogP contribution in [-0.4, -0.2) is 33.8 Å². The summed E-state index contributed by atoms with van der Waals surface area (Å²) >= 11 is -1.46. The molecule has 4 aromatic rings. The number of carbonyl (C=O) groups is 1. The van der Waals surface area contributed by atoms with Gasteiger partial charge in [0.2, 0.25) is 0 Å². The molecule has 0 saturated carbocycles. The van der Waals surface area contributed by atoms with E-state index in [9.17, 15) is 18.7 Å². The first-order valence-electron chi connectivity index (χ1n) is 9.69. The predicted octanol–water partition coefficient (Wildman–Crippen LogP) is 5.33. The zero-order valence-electron chi connectivity index (χ0n) is 17.0. The Labute approximate surface area is 197 Å². The van der Waals surface area contributed by atoms with Crippen LogP contribution in [-0.2, 0) is 17.3 Å². The van der Waals surface area contributed by atoms with Crippen LogP contribution in [0.3, 0.4) is 0 Å². The van der Waals surface area contributed by atoms with Crippen molar-refractivity contribution in [2.24, 2.45) is 0 Å². The van der Waals surface area contributed by atoms with Crippen LogP contribution in [0.2, 0.25) is 0 Å². The third kappa shape index (κ3) is 4.20. The maximum absolute atomic E-state index is 15.0. The van der Waals surface area contributed by atoms with Gasteiger partial charge in [-0.3, -0.25) is 4.57 Å². The molecule has 1 aliphatic rings. The number of imidazole rings is 1. The maximum atomic E-state index is 15.0. The van der Waals surface area contributed by atoms with Crippen LogP contribution in [0, 0.1) is 0 Å². The number of hydrogen-bond acceptors (Lipinski definition) is 6. The van der Waals surface area contributed by atoms with Gasteiger partial charge in [-0.1, -0.05) is 28.8 Å². The number of aromatic nitrogens is 2. The van der Waals surface area contributed by atoms with Crippen LogP contribution < -0.4 is 4.74 Å². The highest BCUT2D eigenvalue weighted by Gasteiger charge is 2.34. The number of cyclic esters (lactones) is 1. The highest BCUT2D eigenvalue weighted by molar-refractivity contribution is 14.2. The number of aromatic hydroxyl groups is 1. The molecule has 0 atom stereocenters. The number of esters is 1. The Morgan fingerprint density at radius 1 is 1.21 bits per heavy atom. The van der Waals surface area contributed by atoms with E-state index in [0.29, 0.717) is 16.1 Å². The minimum absolute atomic E-state index is 0.0937. The Morgan fingerprint density at radius 2 is 2.03 bits per heavy atom. The van der Waals surface area contributed by atoms with E-state index >= 15 is 0 Å². The van der Waals surface area contributed by atoms with E-state index in [1.165, 1.54) is 16.3 Å². The molecule has 170 valence electrons. The van der Waals surface area contributed by atoms with Gasteiger partial charge in [0.15, 0.2) is 4.88 Å². The average Bonchev–Trinajstić information content (AvgIpc) is 3.39. The van der Waals surface area contributed by atoms with Crippen molar-refractivity contribution in [3.8, 4) is 16.5 Å². The molecule has 0 unspecified atom stereocenters. The number of alkyl halides is 3. The summed E-state index contributed by atoms with van der Waals surface area (Å²) < 4.78 is 47.4. The first kappa shape index (κ1) is 21.8. The fourth-order valence-corrected chi connectivity index (χ4v) is 6.92. The molecule has 0 bridgehead atoms. The molecule has 0 fully saturated rings. The van der Waals surface area contributed by atoms with E-state index in [0.717, 1.165) is 16.9 Å². The Morgan fingerprint density at radius 3 is 2.88 bits per heavy atom. The summed E-state index contributed by atoms with van der Waals surface area (Å²) in [6.07, 6.45) is 1.57. The number of benzene rings is 2. The van der Waals surface area contributed by atoms with Crippen molar-refractivity contribution in [1.82, 2.24) is 9.55 Å². The summed E-state index contributed by atoms with van der Waals surface area (Å²) in [6.45, 7) is -0.129. The fourth-order valence-electron chi connectivity index (χ4n) is 3.54. The van der Waals surface area contributed by atoms with Gasteiger partial charge in [-0.05, 0) is 17.7 Å². The number of thiophene rings is 1.